The number of hydrogen-bond acceptors (Lipinski definition) is 5. The van der Waals surface area contributed by atoms with Gasteiger partial charge >= 0.3 is 0 Å². The number of nitrogens with zero attached hydrogens (tertiary/aromatic N) is 2. The molecular formula is C12H19N3O2. The van der Waals surface area contributed by atoms with Crippen molar-refractivity contribution < 1.29 is 9.59 Å². The smallest absolute Gasteiger partial charge is 0.236 e. The molecule has 0 amide bonds. The van der Waals surface area contributed by atoms with Crippen molar-refractivity contribution in [1.82, 2.24) is 0 Å². The summed E-state index contributed by atoms with van der Waals surface area (Å²) >= 11 is 0. The van der Waals surface area contributed by atoms with Gasteiger partial charge in [0.15, 0.2) is 0 Å². The SMILES string of the molecule is CC1(C)CC(C)(C)C(N=C=O)C(N)(N=C=O)C1. The maximum Gasteiger partial charge on any atom is 0.236 e. The molecule has 17 heavy (non-hydrogen) atoms. The Morgan fingerprint density at radius 1 is 1.12 bits per heavy atom. The summed E-state index contributed by atoms with van der Waals surface area (Å²) in [6.07, 6.45) is 4.39. The third kappa shape index (κ3) is 2.70. The van der Waals surface area contributed by atoms with E-state index in [4.69, 9.17) is 5.73 Å². The first-order chi connectivity index (χ1) is 7.67. The second kappa shape index (κ2) is 4.19. The van der Waals surface area contributed by atoms with Gasteiger partial charge in [-0.3, -0.25) is 0 Å². The third-order valence-electron chi connectivity index (χ3n) is 3.35. The van der Waals surface area contributed by atoms with E-state index in [0.29, 0.717) is 6.42 Å². The lowest BCUT2D eigenvalue weighted by Crippen LogP contribution is -2.61. The van der Waals surface area contributed by atoms with E-state index in [1.807, 2.05) is 13.8 Å². The molecular weight excluding hydrogens is 218 g/mol. The second-order valence-corrected chi connectivity index (χ2v) is 6.32. The topological polar surface area (TPSA) is 84.9 Å². The Bertz CT molecular complexity index is 404. The van der Waals surface area contributed by atoms with Crippen molar-refractivity contribution in [2.75, 3.05) is 0 Å². The van der Waals surface area contributed by atoms with E-state index in [1.165, 1.54) is 12.2 Å². The van der Waals surface area contributed by atoms with Crippen LogP contribution in [-0.2, 0) is 9.59 Å². The molecule has 1 aliphatic carbocycles. The first-order valence-electron chi connectivity index (χ1n) is 5.62. The van der Waals surface area contributed by atoms with Crippen molar-refractivity contribution in [3.8, 4) is 0 Å². The molecule has 1 saturated carbocycles. The van der Waals surface area contributed by atoms with Crippen LogP contribution in [0.2, 0.25) is 0 Å². The minimum atomic E-state index is -1.16. The van der Waals surface area contributed by atoms with Gasteiger partial charge in [-0.15, -0.1) is 0 Å². The average molecular weight is 237 g/mol. The van der Waals surface area contributed by atoms with Crippen molar-refractivity contribution in [2.24, 2.45) is 26.5 Å². The van der Waals surface area contributed by atoms with Crippen LogP contribution >= 0.6 is 0 Å². The zero-order valence-corrected chi connectivity index (χ0v) is 10.8. The van der Waals surface area contributed by atoms with Gasteiger partial charge < -0.3 is 5.73 Å². The fourth-order valence-electron chi connectivity index (χ4n) is 3.46. The number of nitrogens with two attached hydrogens (primary N) is 1. The molecule has 5 nitrogen and oxygen atoms in total. The highest BCUT2D eigenvalue weighted by Crippen LogP contribution is 2.50. The predicted octanol–water partition coefficient (Wildman–Crippen LogP) is 1.53. The maximum absolute atomic E-state index is 10.5. The largest absolute Gasteiger partial charge is 0.305 e. The molecule has 2 N–H and O–H groups in total. The molecule has 0 bridgehead atoms. The summed E-state index contributed by atoms with van der Waals surface area (Å²) in [5.41, 5.74) is 4.61. The highest BCUT2D eigenvalue weighted by atomic mass is 16.1. The zero-order valence-electron chi connectivity index (χ0n) is 10.8. The van der Waals surface area contributed by atoms with E-state index in [-0.39, 0.29) is 10.8 Å². The number of rotatable bonds is 2. The summed E-state index contributed by atoms with van der Waals surface area (Å²) in [6.45, 7) is 8.08. The summed E-state index contributed by atoms with van der Waals surface area (Å²) in [4.78, 5) is 28.5. The average Bonchev–Trinajstić information content (AvgIpc) is 2.09. The molecule has 0 aromatic rings. The summed E-state index contributed by atoms with van der Waals surface area (Å²) in [6, 6.07) is -0.540. The second-order valence-electron chi connectivity index (χ2n) is 6.32. The molecule has 0 radical (unpaired) electrons. The minimum absolute atomic E-state index is 0.0620. The van der Waals surface area contributed by atoms with Gasteiger partial charge in [-0.2, -0.15) is 9.98 Å². The standard InChI is InChI=1S/C12H19N3O2/c1-10(2)5-11(3,4)9(14-7-16)12(13,6-10)15-8-17/h9H,5-6,13H2,1-4H3. The molecule has 0 heterocycles. The fraction of sp³-hybridized carbons (Fsp3) is 0.833. The van der Waals surface area contributed by atoms with E-state index in [2.05, 4.69) is 23.8 Å². The molecule has 0 spiro atoms. The Labute approximate surface area is 101 Å². The van der Waals surface area contributed by atoms with E-state index >= 15 is 0 Å². The van der Waals surface area contributed by atoms with Crippen molar-refractivity contribution in [3.63, 3.8) is 0 Å². The predicted molar refractivity (Wildman–Crippen MR) is 63.7 cm³/mol. The number of hydrogen-bond donors (Lipinski definition) is 1. The first-order valence-corrected chi connectivity index (χ1v) is 5.62. The molecule has 5 heteroatoms. The van der Waals surface area contributed by atoms with Gasteiger partial charge in [0.05, 0.1) is 0 Å². The van der Waals surface area contributed by atoms with Gasteiger partial charge in [0.1, 0.15) is 11.7 Å². The molecule has 1 aliphatic rings. The quantitative estimate of drug-likeness (QED) is 0.583. The van der Waals surface area contributed by atoms with E-state index in [9.17, 15) is 9.59 Å². The lowest BCUT2D eigenvalue weighted by Gasteiger charge is -2.51. The molecule has 0 saturated heterocycles. The van der Waals surface area contributed by atoms with Gasteiger partial charge in [0.25, 0.3) is 0 Å². The Morgan fingerprint density at radius 3 is 2.18 bits per heavy atom. The van der Waals surface area contributed by atoms with E-state index < -0.39 is 11.7 Å². The van der Waals surface area contributed by atoms with E-state index in [1.54, 1.807) is 0 Å². The van der Waals surface area contributed by atoms with Gasteiger partial charge in [-0.1, -0.05) is 27.7 Å². The lowest BCUT2D eigenvalue weighted by atomic mass is 9.59. The molecule has 1 fully saturated rings. The van der Waals surface area contributed by atoms with Crippen LogP contribution in [0.25, 0.3) is 0 Å². The summed E-state index contributed by atoms with van der Waals surface area (Å²) < 4.78 is 0. The van der Waals surface area contributed by atoms with Gasteiger partial charge in [0, 0.05) is 0 Å². The minimum Gasteiger partial charge on any atom is -0.305 e. The van der Waals surface area contributed by atoms with Crippen molar-refractivity contribution in [2.45, 2.75) is 52.2 Å². The normalized spacial score (nSPS) is 34.3. The third-order valence-corrected chi connectivity index (χ3v) is 3.35. The van der Waals surface area contributed by atoms with E-state index in [0.717, 1.165) is 6.42 Å². The van der Waals surface area contributed by atoms with Crippen LogP contribution in [0.4, 0.5) is 0 Å². The number of carbonyl (C=O) groups excluding carboxylic acids is 2. The highest BCUT2D eigenvalue weighted by Gasteiger charge is 2.54. The Kier molecular flexibility index (Phi) is 3.40. The number of isocyanates is 2. The van der Waals surface area contributed by atoms with Gasteiger partial charge in [-0.05, 0) is 23.7 Å². The molecule has 2 atom stereocenters. The molecule has 2 unspecified atom stereocenters. The lowest BCUT2D eigenvalue weighted by molar-refractivity contribution is 0.0289. The Balaban J connectivity index is 3.31. The van der Waals surface area contributed by atoms with Crippen LogP contribution in [0.15, 0.2) is 9.98 Å². The number of aliphatic imine (C=N–C) groups is 2. The summed E-state index contributed by atoms with van der Waals surface area (Å²) in [7, 11) is 0. The van der Waals surface area contributed by atoms with Crippen molar-refractivity contribution in [1.29, 1.82) is 0 Å². The van der Waals surface area contributed by atoms with Gasteiger partial charge in [-0.25, -0.2) is 9.59 Å². The highest BCUT2D eigenvalue weighted by molar-refractivity contribution is 5.38. The fourth-order valence-corrected chi connectivity index (χ4v) is 3.46. The van der Waals surface area contributed by atoms with Crippen LogP contribution in [0.1, 0.15) is 40.5 Å². The van der Waals surface area contributed by atoms with Crippen molar-refractivity contribution in [3.05, 3.63) is 0 Å². The maximum atomic E-state index is 10.5. The molecule has 0 aliphatic heterocycles. The monoisotopic (exact) mass is 237 g/mol. The summed E-state index contributed by atoms with van der Waals surface area (Å²) in [5.74, 6) is 0. The Morgan fingerprint density at radius 2 is 1.71 bits per heavy atom. The van der Waals surface area contributed by atoms with Crippen LogP contribution in [0.5, 0.6) is 0 Å². The van der Waals surface area contributed by atoms with Gasteiger partial charge in [0.2, 0.25) is 12.2 Å². The summed E-state index contributed by atoms with van der Waals surface area (Å²) in [5, 5.41) is 0. The first kappa shape index (κ1) is 13.8. The molecule has 94 valence electrons. The van der Waals surface area contributed by atoms with Crippen LogP contribution in [-0.4, -0.2) is 23.9 Å². The Hall–Kier alpha value is -1.28. The van der Waals surface area contributed by atoms with Crippen LogP contribution in [0, 0.1) is 10.8 Å². The molecule has 1 rings (SSSR count). The van der Waals surface area contributed by atoms with Crippen LogP contribution < -0.4 is 5.73 Å². The zero-order chi connectivity index (χ0) is 13.3. The molecule has 0 aromatic carbocycles. The van der Waals surface area contributed by atoms with Crippen molar-refractivity contribution >= 4 is 12.2 Å². The molecule has 0 aromatic heterocycles. The van der Waals surface area contributed by atoms with Crippen LogP contribution in [0.3, 0.4) is 0 Å².